The first-order valence-electron chi connectivity index (χ1n) is 23.7. The Morgan fingerprint density at radius 1 is 0.358 bits per heavy atom. The second kappa shape index (κ2) is 40.6. The molecule has 0 rings (SSSR count). The number of carbonyl (C=O) groups excluding carboxylic acids is 2. The second-order valence-electron chi connectivity index (χ2n) is 16.5. The van der Waals surface area contributed by atoms with Gasteiger partial charge in [-0.1, -0.05) is 52.4 Å². The molecule has 0 heterocycles. The molecule has 0 aliphatic rings. The van der Waals surface area contributed by atoms with Gasteiger partial charge in [0, 0.05) is 0 Å². The number of hydrogen-bond donors (Lipinski definition) is 2. The van der Waals surface area contributed by atoms with Gasteiger partial charge in [-0.25, -0.2) is 0 Å². The summed E-state index contributed by atoms with van der Waals surface area (Å²) in [6, 6.07) is 0. The Hall–Kier alpha value is 0.439. The number of hydrogen-bond acceptors (Lipinski definition) is 6. The third kappa shape index (κ3) is 34.2. The van der Waals surface area contributed by atoms with E-state index in [2.05, 4.69) is 27.7 Å². The average molecular weight is 892 g/mol. The van der Waals surface area contributed by atoms with E-state index in [1.54, 1.807) is 0 Å². The number of unbranched alkanes of at least 4 members (excludes halogenated alkanes) is 30. The first-order valence-corrected chi connectivity index (χ1v) is 31.1. The van der Waals surface area contributed by atoms with E-state index in [1.807, 2.05) is 0 Å². The quantitative estimate of drug-likeness (QED) is 0.0364. The molecule has 0 saturated heterocycles. The van der Waals surface area contributed by atoms with E-state index >= 15 is 0 Å². The zero-order chi connectivity index (χ0) is 39.1. The van der Waals surface area contributed by atoms with Gasteiger partial charge in [0.15, 0.2) is 0 Å². The molecular weight excluding hydrogens is 799 g/mol. The molecule has 0 aromatic heterocycles. The van der Waals surface area contributed by atoms with Gasteiger partial charge in [-0.15, -0.1) is 0 Å². The van der Waals surface area contributed by atoms with Crippen LogP contribution in [0.2, 0.25) is 8.87 Å². The summed E-state index contributed by atoms with van der Waals surface area (Å²) in [6.07, 6.45) is 43.7. The van der Waals surface area contributed by atoms with Crippen molar-refractivity contribution in [3.63, 3.8) is 0 Å². The predicted octanol–water partition coefficient (Wildman–Crippen LogP) is 16.2. The maximum atomic E-state index is 13.7. The van der Waals surface area contributed by atoms with Crippen LogP contribution in [0.5, 0.6) is 0 Å². The van der Waals surface area contributed by atoms with Crippen LogP contribution in [0.15, 0.2) is 0 Å². The van der Waals surface area contributed by atoms with Crippen LogP contribution in [0.3, 0.4) is 0 Å². The Bertz CT molecular complexity index is 733. The van der Waals surface area contributed by atoms with Gasteiger partial charge >= 0.3 is 298 Å². The molecule has 0 N–H and O–H groups in total. The molecule has 53 heavy (non-hydrogen) atoms. The molecule has 0 bridgehead atoms. The standard InChI is InChI=1S/2C15H30O2S.2C8H17.Sn/c2*1-2-3-4-5-6-7-8-9-10-11-12-13-14(18)15(16)17;2*1-3-5-7-8-6-4-2;/h2*14,18H,2-13H2,1H3,(H,16,17);2*1,3-8H2,2H3;/q;;;;+2/p-2. The molecule has 0 spiro atoms. The van der Waals surface area contributed by atoms with Crippen molar-refractivity contribution in [2.75, 3.05) is 0 Å². The molecule has 7 heteroatoms. The molecule has 316 valence electrons. The molecule has 2 unspecified atom stereocenters. The van der Waals surface area contributed by atoms with Crippen molar-refractivity contribution in [3.8, 4) is 0 Å². The molecule has 0 fully saturated rings. The number of thiol groups is 2. The topological polar surface area (TPSA) is 52.6 Å². The van der Waals surface area contributed by atoms with Crippen LogP contribution in [0.1, 0.15) is 259 Å². The van der Waals surface area contributed by atoms with Crippen LogP contribution in [-0.2, 0) is 15.7 Å². The molecule has 0 aromatic rings. The van der Waals surface area contributed by atoms with Gasteiger partial charge in [-0.2, -0.15) is 0 Å². The van der Waals surface area contributed by atoms with E-state index in [1.165, 1.54) is 167 Å². The summed E-state index contributed by atoms with van der Waals surface area (Å²) in [4.78, 5) is 27.4. The third-order valence-corrected chi connectivity index (χ3v) is 21.7. The van der Waals surface area contributed by atoms with Crippen LogP contribution in [0, 0.1) is 0 Å². The normalized spacial score (nSPS) is 12.9. The van der Waals surface area contributed by atoms with Crippen LogP contribution >= 0.6 is 25.3 Å². The summed E-state index contributed by atoms with van der Waals surface area (Å²) in [6.45, 7) is 9.04. The fraction of sp³-hybridized carbons (Fsp3) is 0.957. The van der Waals surface area contributed by atoms with E-state index in [9.17, 15) is 9.59 Å². The van der Waals surface area contributed by atoms with Crippen molar-refractivity contribution < 1.29 is 15.7 Å². The minimum absolute atomic E-state index is 0.234. The summed E-state index contributed by atoms with van der Waals surface area (Å²) < 4.78 is 14.6. The SMILES string of the molecule is CCCCCCCCCCCCCC(S)C(=O)[O][Sn]([CH2]CCCCCCC)([CH2]CCCCCCC)[O]C(=O)C(S)CCCCCCCCCCCCC. The summed E-state index contributed by atoms with van der Waals surface area (Å²) in [5, 5.41) is -0.888. The first kappa shape index (κ1) is 53.4. The number of carbonyl (C=O) groups is 2. The van der Waals surface area contributed by atoms with Crippen LogP contribution in [0.4, 0.5) is 0 Å². The van der Waals surface area contributed by atoms with Crippen molar-refractivity contribution in [2.24, 2.45) is 0 Å². The smallest absolute Gasteiger partial charge is 0.0654 e. The molecule has 0 aliphatic carbocycles. The van der Waals surface area contributed by atoms with Crippen molar-refractivity contribution in [3.05, 3.63) is 0 Å². The first-order chi connectivity index (χ1) is 25.9. The second-order valence-corrected chi connectivity index (χ2v) is 26.9. The van der Waals surface area contributed by atoms with Crippen molar-refractivity contribution in [1.82, 2.24) is 0 Å². The van der Waals surface area contributed by atoms with Gasteiger partial charge in [-0.05, 0) is 0 Å². The van der Waals surface area contributed by atoms with Crippen LogP contribution < -0.4 is 0 Å². The van der Waals surface area contributed by atoms with Crippen molar-refractivity contribution in [1.29, 1.82) is 0 Å². The monoisotopic (exact) mass is 893 g/mol. The van der Waals surface area contributed by atoms with E-state index in [0.717, 1.165) is 73.1 Å². The Balaban J connectivity index is 5.18. The Kier molecular flexibility index (Phi) is 41.0. The molecule has 0 radical (unpaired) electrons. The van der Waals surface area contributed by atoms with E-state index in [0.29, 0.717) is 0 Å². The van der Waals surface area contributed by atoms with Crippen molar-refractivity contribution in [2.45, 2.75) is 278 Å². The average Bonchev–Trinajstić information content (AvgIpc) is 3.15. The van der Waals surface area contributed by atoms with Gasteiger partial charge < -0.3 is 0 Å². The number of rotatable bonds is 42. The Morgan fingerprint density at radius 3 is 0.811 bits per heavy atom. The molecule has 0 amide bonds. The minimum Gasteiger partial charge on any atom is -0.0654 e. The molecule has 4 nitrogen and oxygen atoms in total. The Labute approximate surface area is 348 Å². The van der Waals surface area contributed by atoms with Gasteiger partial charge in [0.2, 0.25) is 0 Å². The molecular formula is C46H92O4S2Sn. The van der Waals surface area contributed by atoms with E-state index < -0.39 is 29.7 Å². The fourth-order valence-electron chi connectivity index (χ4n) is 7.44. The third-order valence-electron chi connectivity index (χ3n) is 11.1. The molecule has 2 atom stereocenters. The van der Waals surface area contributed by atoms with E-state index in [4.69, 9.17) is 31.4 Å². The molecule has 0 aromatic carbocycles. The predicted molar refractivity (Wildman–Crippen MR) is 242 cm³/mol. The van der Waals surface area contributed by atoms with E-state index in [-0.39, 0.29) is 11.9 Å². The van der Waals surface area contributed by atoms with Crippen LogP contribution in [0.25, 0.3) is 0 Å². The minimum atomic E-state index is -4.13. The summed E-state index contributed by atoms with van der Waals surface area (Å²) in [5.41, 5.74) is 0. The summed E-state index contributed by atoms with van der Waals surface area (Å²) in [7, 11) is 0. The summed E-state index contributed by atoms with van der Waals surface area (Å²) in [5.74, 6) is -0.468. The Morgan fingerprint density at radius 2 is 0.566 bits per heavy atom. The zero-order valence-corrected chi connectivity index (χ0v) is 40.7. The van der Waals surface area contributed by atoms with Gasteiger partial charge in [0.25, 0.3) is 0 Å². The van der Waals surface area contributed by atoms with Gasteiger partial charge in [-0.3, -0.25) is 0 Å². The van der Waals surface area contributed by atoms with Crippen molar-refractivity contribution >= 4 is 56.4 Å². The fourth-order valence-corrected chi connectivity index (χ4v) is 17.9. The van der Waals surface area contributed by atoms with Gasteiger partial charge in [0.1, 0.15) is 0 Å². The maximum absolute atomic E-state index is 13.7. The van der Waals surface area contributed by atoms with Gasteiger partial charge in [0.05, 0.1) is 0 Å². The van der Waals surface area contributed by atoms with Crippen LogP contribution in [-0.4, -0.2) is 41.6 Å². The zero-order valence-electron chi connectivity index (χ0n) is 36.1. The molecule has 0 aliphatic heterocycles. The summed E-state index contributed by atoms with van der Waals surface area (Å²) >= 11 is 5.42. The molecule has 0 saturated carbocycles.